The molecule has 1 aromatic heterocycles. The summed E-state index contributed by atoms with van der Waals surface area (Å²) < 4.78 is 0. The molecule has 0 aliphatic carbocycles. The summed E-state index contributed by atoms with van der Waals surface area (Å²) in [5.41, 5.74) is 0.245. The lowest BCUT2D eigenvalue weighted by Crippen LogP contribution is -2.00. The van der Waals surface area contributed by atoms with E-state index >= 15 is 0 Å². The average Bonchev–Trinajstić information content (AvgIpc) is 2.31. The summed E-state index contributed by atoms with van der Waals surface area (Å²) in [4.78, 5) is 7.59. The highest BCUT2D eigenvalue weighted by atomic mass is 16.3. The average molecular weight is 216 g/mol. The molecule has 1 aromatic rings. The summed E-state index contributed by atoms with van der Waals surface area (Å²) in [6.07, 6.45) is 3.56. The lowest BCUT2D eigenvalue weighted by molar-refractivity contribution is 0.438. The quantitative estimate of drug-likeness (QED) is 0.772. The van der Waals surface area contributed by atoms with Gasteiger partial charge in [0.05, 0.1) is 0 Å². The van der Waals surface area contributed by atoms with Crippen LogP contribution in [0, 0.1) is 22.7 Å². The molecule has 0 fully saturated rings. The molecule has 0 aromatic carbocycles. The van der Waals surface area contributed by atoms with Crippen LogP contribution in [-0.2, 0) is 6.42 Å². The first-order chi connectivity index (χ1) is 7.72. The molecular weight excluding hydrogens is 204 g/mol. The number of aromatic nitrogens is 2. The van der Waals surface area contributed by atoms with E-state index in [1.807, 2.05) is 0 Å². The highest BCUT2D eigenvalue weighted by Crippen LogP contribution is 2.16. The van der Waals surface area contributed by atoms with E-state index in [2.05, 4.69) is 16.9 Å². The Balaban J connectivity index is 2.95. The maximum Gasteiger partial charge on any atom is 0.234 e. The second kappa shape index (κ2) is 5.67. The predicted molar refractivity (Wildman–Crippen MR) is 56.4 cm³/mol. The second-order valence-corrected chi connectivity index (χ2v) is 3.37. The third-order valence-corrected chi connectivity index (χ3v) is 2.18. The number of aromatic hydroxyl groups is 1. The molecule has 1 rings (SSSR count). The van der Waals surface area contributed by atoms with Gasteiger partial charge in [0, 0.05) is 0 Å². The minimum Gasteiger partial charge on any atom is -0.492 e. The standard InChI is InChI=1S/C11H12N4O/c1-2-3-4-5-8-11(16)15-10(7-13)9(6-12)14-8/h2-5H2,1H3,(H,15,16). The Hall–Kier alpha value is -2.14. The molecule has 5 heteroatoms. The Morgan fingerprint density at radius 3 is 2.31 bits per heavy atom. The number of aryl methyl sites for hydroxylation is 1. The largest absolute Gasteiger partial charge is 0.492 e. The fourth-order valence-corrected chi connectivity index (χ4v) is 1.33. The number of nitrogens with zero attached hydrogens (tertiary/aromatic N) is 4. The van der Waals surface area contributed by atoms with Crippen molar-refractivity contribution in [3.63, 3.8) is 0 Å². The lowest BCUT2D eigenvalue weighted by Gasteiger charge is -2.03. The summed E-state index contributed by atoms with van der Waals surface area (Å²) in [6.45, 7) is 2.07. The van der Waals surface area contributed by atoms with E-state index in [4.69, 9.17) is 10.5 Å². The van der Waals surface area contributed by atoms with Crippen LogP contribution in [0.25, 0.3) is 0 Å². The molecule has 1 N–H and O–H groups in total. The summed E-state index contributed by atoms with van der Waals surface area (Å²) in [5.74, 6) is -0.244. The van der Waals surface area contributed by atoms with Gasteiger partial charge in [0.2, 0.25) is 5.88 Å². The molecule has 0 aliphatic heterocycles. The van der Waals surface area contributed by atoms with Crippen molar-refractivity contribution in [3.05, 3.63) is 17.1 Å². The Morgan fingerprint density at radius 1 is 1.12 bits per heavy atom. The van der Waals surface area contributed by atoms with Crippen LogP contribution in [0.15, 0.2) is 0 Å². The highest BCUT2D eigenvalue weighted by Gasteiger charge is 2.12. The van der Waals surface area contributed by atoms with Gasteiger partial charge in [-0.05, 0) is 12.8 Å². The van der Waals surface area contributed by atoms with E-state index in [1.165, 1.54) is 0 Å². The summed E-state index contributed by atoms with van der Waals surface area (Å²) in [6, 6.07) is 3.52. The smallest absolute Gasteiger partial charge is 0.234 e. The summed E-state index contributed by atoms with van der Waals surface area (Å²) >= 11 is 0. The van der Waals surface area contributed by atoms with Crippen LogP contribution in [-0.4, -0.2) is 15.1 Å². The second-order valence-electron chi connectivity index (χ2n) is 3.37. The maximum atomic E-state index is 9.51. The van der Waals surface area contributed by atoms with Crippen molar-refractivity contribution in [2.75, 3.05) is 0 Å². The molecule has 0 bridgehead atoms. The van der Waals surface area contributed by atoms with Crippen LogP contribution in [0.4, 0.5) is 0 Å². The highest BCUT2D eigenvalue weighted by molar-refractivity contribution is 5.38. The Morgan fingerprint density at radius 2 is 1.75 bits per heavy atom. The molecular formula is C11H12N4O. The molecule has 0 aliphatic rings. The van der Waals surface area contributed by atoms with Gasteiger partial charge in [-0.1, -0.05) is 19.8 Å². The molecule has 82 valence electrons. The van der Waals surface area contributed by atoms with Crippen molar-refractivity contribution in [2.24, 2.45) is 0 Å². The van der Waals surface area contributed by atoms with Crippen LogP contribution in [0.3, 0.4) is 0 Å². The molecule has 0 radical (unpaired) electrons. The third-order valence-electron chi connectivity index (χ3n) is 2.18. The van der Waals surface area contributed by atoms with E-state index in [1.54, 1.807) is 12.1 Å². The normalized spacial score (nSPS) is 9.44. The molecule has 0 amide bonds. The zero-order chi connectivity index (χ0) is 12.0. The SMILES string of the molecule is CCCCCc1nc(C#N)c(C#N)nc1O. The van der Waals surface area contributed by atoms with E-state index in [9.17, 15) is 5.11 Å². The van der Waals surface area contributed by atoms with Gasteiger partial charge in [0.25, 0.3) is 0 Å². The van der Waals surface area contributed by atoms with Crippen LogP contribution >= 0.6 is 0 Å². The van der Waals surface area contributed by atoms with Gasteiger partial charge < -0.3 is 5.11 Å². The van der Waals surface area contributed by atoms with Gasteiger partial charge in [-0.2, -0.15) is 15.5 Å². The fraction of sp³-hybridized carbons (Fsp3) is 0.455. The molecule has 0 atom stereocenters. The van der Waals surface area contributed by atoms with Crippen LogP contribution in [0.2, 0.25) is 0 Å². The monoisotopic (exact) mass is 216 g/mol. The van der Waals surface area contributed by atoms with Gasteiger partial charge >= 0.3 is 0 Å². The van der Waals surface area contributed by atoms with Crippen molar-refractivity contribution in [1.82, 2.24) is 9.97 Å². The van der Waals surface area contributed by atoms with E-state index in [0.717, 1.165) is 19.3 Å². The van der Waals surface area contributed by atoms with Crippen molar-refractivity contribution >= 4 is 0 Å². The van der Waals surface area contributed by atoms with Crippen LogP contribution in [0.1, 0.15) is 43.3 Å². The van der Waals surface area contributed by atoms with Crippen molar-refractivity contribution in [1.29, 1.82) is 10.5 Å². The van der Waals surface area contributed by atoms with E-state index < -0.39 is 0 Å². The molecule has 16 heavy (non-hydrogen) atoms. The van der Waals surface area contributed by atoms with Crippen molar-refractivity contribution < 1.29 is 5.11 Å². The fourth-order valence-electron chi connectivity index (χ4n) is 1.33. The molecule has 0 saturated heterocycles. The Kier molecular flexibility index (Phi) is 4.23. The summed E-state index contributed by atoms with van der Waals surface area (Å²) in [7, 11) is 0. The summed E-state index contributed by atoms with van der Waals surface area (Å²) in [5, 5.41) is 26.9. The van der Waals surface area contributed by atoms with Crippen LogP contribution in [0.5, 0.6) is 5.88 Å². The zero-order valence-electron chi connectivity index (χ0n) is 9.06. The first-order valence-electron chi connectivity index (χ1n) is 5.13. The Bertz CT molecular complexity index is 456. The number of nitriles is 2. The van der Waals surface area contributed by atoms with Gasteiger partial charge in [0.15, 0.2) is 11.4 Å². The van der Waals surface area contributed by atoms with Gasteiger partial charge in [0.1, 0.15) is 17.8 Å². The van der Waals surface area contributed by atoms with Gasteiger partial charge in [-0.3, -0.25) is 0 Å². The zero-order valence-corrected chi connectivity index (χ0v) is 9.06. The number of unbranched alkanes of at least 4 members (excludes halogenated alkanes) is 2. The lowest BCUT2D eigenvalue weighted by atomic mass is 10.1. The first kappa shape index (κ1) is 11.9. The van der Waals surface area contributed by atoms with E-state index in [0.29, 0.717) is 12.1 Å². The number of rotatable bonds is 4. The topological polar surface area (TPSA) is 93.6 Å². The van der Waals surface area contributed by atoms with Gasteiger partial charge in [-0.25, -0.2) is 4.98 Å². The molecule has 0 unspecified atom stereocenters. The predicted octanol–water partition coefficient (Wildman–Crippen LogP) is 1.66. The third kappa shape index (κ3) is 2.68. The van der Waals surface area contributed by atoms with E-state index in [-0.39, 0.29) is 17.3 Å². The van der Waals surface area contributed by atoms with Gasteiger partial charge in [-0.15, -0.1) is 0 Å². The molecule has 5 nitrogen and oxygen atoms in total. The Labute approximate surface area is 94.0 Å². The minimum absolute atomic E-state index is 0.0215. The molecule has 0 spiro atoms. The number of hydrogen-bond acceptors (Lipinski definition) is 5. The molecule has 0 saturated carbocycles. The minimum atomic E-state index is -0.244. The van der Waals surface area contributed by atoms with Crippen LogP contribution < -0.4 is 0 Å². The van der Waals surface area contributed by atoms with Crippen molar-refractivity contribution in [3.8, 4) is 18.0 Å². The maximum absolute atomic E-state index is 9.51. The first-order valence-corrected chi connectivity index (χ1v) is 5.13. The van der Waals surface area contributed by atoms with Crippen molar-refractivity contribution in [2.45, 2.75) is 32.6 Å². The number of hydrogen-bond donors (Lipinski definition) is 1. The molecule has 1 heterocycles.